The Bertz CT molecular complexity index is 396. The van der Waals surface area contributed by atoms with Gasteiger partial charge >= 0.3 is 0 Å². The van der Waals surface area contributed by atoms with E-state index in [4.69, 9.17) is 11.6 Å². The molecule has 1 saturated carbocycles. The number of nitrogens with zero attached hydrogens (tertiary/aromatic N) is 1. The molecule has 1 fully saturated rings. The van der Waals surface area contributed by atoms with Crippen LogP contribution in [-0.2, 0) is 5.41 Å². The van der Waals surface area contributed by atoms with E-state index < -0.39 is 5.60 Å². The average Bonchev–Trinajstić information content (AvgIpc) is 2.88. The zero-order chi connectivity index (χ0) is 11.3. The summed E-state index contributed by atoms with van der Waals surface area (Å²) in [5, 5.41) is 10.6. The first kappa shape index (κ1) is 11.4. The van der Waals surface area contributed by atoms with Gasteiger partial charge in [0.1, 0.15) is 5.15 Å². The molecule has 1 aromatic heterocycles. The summed E-state index contributed by atoms with van der Waals surface area (Å²) in [7, 11) is 0. The van der Waals surface area contributed by atoms with Crippen molar-refractivity contribution in [2.75, 3.05) is 0 Å². The van der Waals surface area contributed by atoms with Gasteiger partial charge < -0.3 is 5.11 Å². The van der Waals surface area contributed by atoms with Crippen molar-refractivity contribution in [2.45, 2.75) is 37.7 Å². The topological polar surface area (TPSA) is 33.1 Å². The van der Waals surface area contributed by atoms with Gasteiger partial charge in [0.15, 0.2) is 0 Å². The Kier molecular flexibility index (Phi) is 2.61. The van der Waals surface area contributed by atoms with Crippen LogP contribution in [0.1, 0.15) is 32.4 Å². The number of pyridine rings is 1. The van der Waals surface area contributed by atoms with Gasteiger partial charge in [0.2, 0.25) is 0 Å². The SMILES string of the molecule is CC(C)(O)C1(c2nc(Cl)ccc2Br)CC1. The minimum Gasteiger partial charge on any atom is -0.389 e. The maximum absolute atomic E-state index is 10.2. The first-order valence-corrected chi connectivity index (χ1v) is 6.09. The highest BCUT2D eigenvalue weighted by Gasteiger charge is 2.57. The molecule has 1 aliphatic rings. The molecule has 0 amide bonds. The van der Waals surface area contributed by atoms with Crippen molar-refractivity contribution >= 4 is 27.5 Å². The Morgan fingerprint density at radius 2 is 2.07 bits per heavy atom. The summed E-state index contributed by atoms with van der Waals surface area (Å²) in [6.07, 6.45) is 1.92. The van der Waals surface area contributed by atoms with Crippen LogP contribution in [0.4, 0.5) is 0 Å². The van der Waals surface area contributed by atoms with E-state index in [1.54, 1.807) is 6.07 Å². The van der Waals surface area contributed by atoms with Crippen LogP contribution in [0.15, 0.2) is 16.6 Å². The van der Waals surface area contributed by atoms with E-state index in [1.165, 1.54) is 0 Å². The predicted molar refractivity (Wildman–Crippen MR) is 64.2 cm³/mol. The largest absolute Gasteiger partial charge is 0.389 e. The summed E-state index contributed by atoms with van der Waals surface area (Å²) in [6.45, 7) is 3.66. The van der Waals surface area contributed by atoms with Crippen LogP contribution in [-0.4, -0.2) is 15.7 Å². The Labute approximate surface area is 103 Å². The van der Waals surface area contributed by atoms with Crippen molar-refractivity contribution in [1.29, 1.82) is 0 Å². The molecule has 82 valence electrons. The molecule has 1 aliphatic carbocycles. The monoisotopic (exact) mass is 289 g/mol. The maximum Gasteiger partial charge on any atom is 0.129 e. The zero-order valence-corrected chi connectivity index (χ0v) is 11.1. The fourth-order valence-electron chi connectivity index (χ4n) is 2.02. The van der Waals surface area contributed by atoms with Gasteiger partial charge in [-0.05, 0) is 54.8 Å². The standard InChI is InChI=1S/C11H13BrClNO/c1-10(2,15)11(5-6-11)9-7(12)3-4-8(13)14-9/h3-4,15H,5-6H2,1-2H3. The third-order valence-corrected chi connectivity index (χ3v) is 4.04. The number of aromatic nitrogens is 1. The van der Waals surface area contributed by atoms with Gasteiger partial charge in [0.05, 0.1) is 11.3 Å². The summed E-state index contributed by atoms with van der Waals surface area (Å²) < 4.78 is 0.923. The molecule has 0 unspecified atom stereocenters. The number of hydrogen-bond donors (Lipinski definition) is 1. The summed E-state index contributed by atoms with van der Waals surface area (Å²) >= 11 is 9.35. The first-order chi connectivity index (χ1) is 6.87. The normalized spacial score (nSPS) is 19.0. The average molecular weight is 291 g/mol. The molecule has 1 N–H and O–H groups in total. The van der Waals surface area contributed by atoms with Crippen LogP contribution >= 0.6 is 27.5 Å². The van der Waals surface area contributed by atoms with Gasteiger partial charge in [-0.15, -0.1) is 0 Å². The van der Waals surface area contributed by atoms with E-state index in [2.05, 4.69) is 20.9 Å². The molecule has 0 saturated heterocycles. The summed E-state index contributed by atoms with van der Waals surface area (Å²) in [6, 6.07) is 3.63. The zero-order valence-electron chi connectivity index (χ0n) is 8.72. The molecule has 15 heavy (non-hydrogen) atoms. The third kappa shape index (κ3) is 1.81. The van der Waals surface area contributed by atoms with Crippen LogP contribution in [0, 0.1) is 0 Å². The van der Waals surface area contributed by atoms with E-state index in [9.17, 15) is 5.11 Å². The van der Waals surface area contributed by atoms with Crippen molar-refractivity contribution in [3.05, 3.63) is 27.5 Å². The van der Waals surface area contributed by atoms with Crippen molar-refractivity contribution in [1.82, 2.24) is 4.98 Å². The Morgan fingerprint density at radius 1 is 1.47 bits per heavy atom. The van der Waals surface area contributed by atoms with Gasteiger partial charge in [-0.1, -0.05) is 11.6 Å². The highest BCUT2D eigenvalue weighted by atomic mass is 79.9. The minimum absolute atomic E-state index is 0.225. The second-order valence-electron chi connectivity index (χ2n) is 4.61. The lowest BCUT2D eigenvalue weighted by Crippen LogP contribution is -2.37. The Balaban J connectivity index is 2.50. The van der Waals surface area contributed by atoms with Gasteiger partial charge in [-0.2, -0.15) is 0 Å². The van der Waals surface area contributed by atoms with Crippen molar-refractivity contribution in [3.63, 3.8) is 0 Å². The van der Waals surface area contributed by atoms with E-state index in [0.717, 1.165) is 23.0 Å². The van der Waals surface area contributed by atoms with Crippen molar-refractivity contribution < 1.29 is 5.11 Å². The van der Waals surface area contributed by atoms with Crippen molar-refractivity contribution in [3.8, 4) is 0 Å². The highest BCUT2D eigenvalue weighted by Crippen LogP contribution is 2.56. The van der Waals surface area contributed by atoms with Gasteiger partial charge in [-0.3, -0.25) is 0 Å². The molecule has 0 aliphatic heterocycles. The van der Waals surface area contributed by atoms with E-state index in [1.807, 2.05) is 19.9 Å². The van der Waals surface area contributed by atoms with E-state index >= 15 is 0 Å². The molecule has 1 heterocycles. The van der Waals surface area contributed by atoms with Crippen LogP contribution < -0.4 is 0 Å². The third-order valence-electron chi connectivity index (χ3n) is 3.19. The predicted octanol–water partition coefficient (Wildman–Crippen LogP) is 3.30. The maximum atomic E-state index is 10.2. The highest BCUT2D eigenvalue weighted by molar-refractivity contribution is 9.10. The number of hydrogen-bond acceptors (Lipinski definition) is 2. The van der Waals surface area contributed by atoms with Gasteiger partial charge in [0.25, 0.3) is 0 Å². The van der Waals surface area contributed by atoms with Crippen molar-refractivity contribution in [2.24, 2.45) is 0 Å². The molecular weight excluding hydrogens is 277 g/mol. The number of rotatable bonds is 2. The smallest absolute Gasteiger partial charge is 0.129 e. The molecule has 1 aromatic rings. The minimum atomic E-state index is -0.757. The second-order valence-corrected chi connectivity index (χ2v) is 5.85. The van der Waals surface area contributed by atoms with Crippen LogP contribution in [0.25, 0.3) is 0 Å². The van der Waals surface area contributed by atoms with E-state index in [0.29, 0.717) is 5.15 Å². The molecule has 0 bridgehead atoms. The lowest BCUT2D eigenvalue weighted by molar-refractivity contribution is 0.0362. The molecule has 2 nitrogen and oxygen atoms in total. The quantitative estimate of drug-likeness (QED) is 0.848. The first-order valence-electron chi connectivity index (χ1n) is 4.92. The van der Waals surface area contributed by atoms with Crippen LogP contribution in [0.3, 0.4) is 0 Å². The lowest BCUT2D eigenvalue weighted by Gasteiger charge is -2.29. The van der Waals surface area contributed by atoms with Gasteiger partial charge in [-0.25, -0.2) is 4.98 Å². The Hall–Kier alpha value is -0.120. The van der Waals surface area contributed by atoms with Gasteiger partial charge in [0, 0.05) is 9.89 Å². The summed E-state index contributed by atoms with van der Waals surface area (Å²) in [4.78, 5) is 4.33. The lowest BCUT2D eigenvalue weighted by atomic mass is 9.84. The molecule has 0 aromatic carbocycles. The molecule has 0 spiro atoms. The fourth-order valence-corrected chi connectivity index (χ4v) is 2.77. The van der Waals surface area contributed by atoms with Crippen LogP contribution in [0.2, 0.25) is 5.15 Å². The number of halogens is 2. The summed E-state index contributed by atoms with van der Waals surface area (Å²) in [5.41, 5.74) is -0.105. The molecular formula is C11H13BrClNO. The second kappa shape index (κ2) is 3.44. The van der Waals surface area contributed by atoms with Crippen LogP contribution in [0.5, 0.6) is 0 Å². The Morgan fingerprint density at radius 3 is 2.53 bits per heavy atom. The molecule has 0 atom stereocenters. The van der Waals surface area contributed by atoms with E-state index in [-0.39, 0.29) is 5.41 Å². The molecule has 2 rings (SSSR count). The molecule has 0 radical (unpaired) electrons. The fraction of sp³-hybridized carbons (Fsp3) is 0.545. The summed E-state index contributed by atoms with van der Waals surface area (Å²) in [5.74, 6) is 0. The number of aliphatic hydroxyl groups is 1. The molecule has 4 heteroatoms.